The maximum Gasteiger partial charge on any atom is 0.417 e. The van der Waals surface area contributed by atoms with Gasteiger partial charge in [-0.3, -0.25) is 0 Å². The lowest BCUT2D eigenvalue weighted by molar-refractivity contribution is -0.137. The van der Waals surface area contributed by atoms with Crippen molar-refractivity contribution in [2.24, 2.45) is 0 Å². The molecular formula is C22H17F3N4O4S. The fraction of sp³-hybridized carbons (Fsp3) is 0.227. The van der Waals surface area contributed by atoms with Crippen molar-refractivity contribution in [1.29, 1.82) is 0 Å². The second-order valence-corrected chi connectivity index (χ2v) is 9.95. The third-order valence-corrected chi connectivity index (χ3v) is 7.35. The van der Waals surface area contributed by atoms with Crippen LogP contribution < -0.4 is 10.4 Å². The van der Waals surface area contributed by atoms with Crippen LogP contribution in [0.5, 0.6) is 5.75 Å². The van der Waals surface area contributed by atoms with Crippen LogP contribution >= 0.6 is 0 Å². The van der Waals surface area contributed by atoms with E-state index in [1.165, 1.54) is 19.2 Å². The number of halogens is 3. The molecule has 0 radical (unpaired) electrons. The normalized spacial score (nSPS) is 13.8. The average molecular weight is 490 g/mol. The number of nitrogens with zero attached hydrogens (tertiary/aromatic N) is 4. The second-order valence-electron chi connectivity index (χ2n) is 7.71. The third kappa shape index (κ3) is 3.63. The van der Waals surface area contributed by atoms with E-state index >= 15 is 0 Å². The number of fused-ring (bicyclic) bond motifs is 2. The lowest BCUT2D eigenvalue weighted by Gasteiger charge is -2.11. The summed E-state index contributed by atoms with van der Waals surface area (Å²) < 4.78 is 72.0. The Hall–Kier alpha value is -3.67. The van der Waals surface area contributed by atoms with Gasteiger partial charge in [-0.05, 0) is 41.5 Å². The van der Waals surface area contributed by atoms with Gasteiger partial charge in [0.15, 0.2) is 21.3 Å². The predicted molar refractivity (Wildman–Crippen MR) is 116 cm³/mol. The summed E-state index contributed by atoms with van der Waals surface area (Å²) in [5.41, 5.74) is 0.117. The van der Waals surface area contributed by atoms with E-state index in [1.807, 2.05) is 6.07 Å². The molecule has 4 aromatic rings. The summed E-state index contributed by atoms with van der Waals surface area (Å²) in [6.07, 6.45) is -1.91. The van der Waals surface area contributed by atoms with Crippen LogP contribution in [0.2, 0.25) is 0 Å². The fourth-order valence-electron chi connectivity index (χ4n) is 3.79. The molecule has 0 fully saturated rings. The topological polar surface area (TPSA) is 95.6 Å². The highest BCUT2D eigenvalue weighted by atomic mass is 32.2. The maximum atomic E-state index is 13.1. The number of sulfone groups is 1. The van der Waals surface area contributed by atoms with Gasteiger partial charge in [-0.25, -0.2) is 22.6 Å². The molecule has 0 amide bonds. The molecule has 1 aliphatic heterocycles. The first-order valence-corrected chi connectivity index (χ1v) is 11.9. The molecule has 1 aromatic carbocycles. The summed E-state index contributed by atoms with van der Waals surface area (Å²) in [6, 6.07) is 8.69. The van der Waals surface area contributed by atoms with Crippen molar-refractivity contribution in [3.63, 3.8) is 0 Å². The zero-order chi connectivity index (χ0) is 24.3. The van der Waals surface area contributed by atoms with Crippen LogP contribution in [-0.2, 0) is 22.4 Å². The van der Waals surface area contributed by atoms with E-state index in [4.69, 9.17) is 4.74 Å². The summed E-state index contributed by atoms with van der Waals surface area (Å²) in [6.45, 7) is 2.01. The molecule has 4 heterocycles. The first-order valence-electron chi connectivity index (χ1n) is 10.3. The van der Waals surface area contributed by atoms with Crippen LogP contribution in [0.4, 0.5) is 13.2 Å². The van der Waals surface area contributed by atoms with Crippen molar-refractivity contribution in [1.82, 2.24) is 19.2 Å². The van der Waals surface area contributed by atoms with Crippen LogP contribution in [0, 0.1) is 0 Å². The Balaban J connectivity index is 1.70. The van der Waals surface area contributed by atoms with Gasteiger partial charge in [-0.2, -0.15) is 17.9 Å². The predicted octanol–water partition coefficient (Wildman–Crippen LogP) is 3.29. The van der Waals surface area contributed by atoms with E-state index in [1.54, 1.807) is 12.1 Å². The molecule has 0 aliphatic carbocycles. The Morgan fingerprint density at radius 3 is 2.65 bits per heavy atom. The van der Waals surface area contributed by atoms with Crippen molar-refractivity contribution in [2.45, 2.75) is 24.4 Å². The molecule has 0 saturated heterocycles. The van der Waals surface area contributed by atoms with Crippen molar-refractivity contribution < 1.29 is 26.3 Å². The van der Waals surface area contributed by atoms with E-state index in [2.05, 4.69) is 10.1 Å². The van der Waals surface area contributed by atoms with Crippen molar-refractivity contribution in [3.05, 3.63) is 70.4 Å². The summed E-state index contributed by atoms with van der Waals surface area (Å²) >= 11 is 0. The van der Waals surface area contributed by atoms with E-state index < -0.39 is 27.3 Å². The zero-order valence-electron chi connectivity index (χ0n) is 17.7. The summed E-state index contributed by atoms with van der Waals surface area (Å²) in [4.78, 5) is 16.9. The lowest BCUT2D eigenvalue weighted by Crippen LogP contribution is -2.23. The number of benzene rings is 1. The van der Waals surface area contributed by atoms with Gasteiger partial charge in [0.2, 0.25) is 0 Å². The molecular weight excluding hydrogens is 473 g/mol. The standard InChI is InChI=1S/C22H17F3N4O4S/c1-2-34(31,32)18-10-15(13-3-5-17-14(9-13)7-8-33-17)11-26-20(18)29-21(30)28-12-16(22(23,24)25)4-6-19(28)27-29/h3-6,9-12H,2,7-8H2,1H3. The maximum absolute atomic E-state index is 13.1. The van der Waals surface area contributed by atoms with Crippen LogP contribution in [0.1, 0.15) is 18.1 Å². The second kappa shape index (κ2) is 7.69. The number of alkyl halides is 3. The number of ether oxygens (including phenoxy) is 1. The molecule has 0 N–H and O–H groups in total. The Morgan fingerprint density at radius 1 is 1.12 bits per heavy atom. The molecule has 5 rings (SSSR count). The lowest BCUT2D eigenvalue weighted by atomic mass is 10.0. The molecule has 1 aliphatic rings. The van der Waals surface area contributed by atoms with E-state index in [-0.39, 0.29) is 22.1 Å². The van der Waals surface area contributed by atoms with Crippen LogP contribution in [0.3, 0.4) is 0 Å². The molecule has 176 valence electrons. The number of hydrogen-bond donors (Lipinski definition) is 0. The minimum absolute atomic E-state index is 0.0812. The van der Waals surface area contributed by atoms with Crippen LogP contribution in [0.15, 0.2) is 58.5 Å². The monoisotopic (exact) mass is 490 g/mol. The minimum Gasteiger partial charge on any atom is -0.493 e. The molecule has 0 saturated carbocycles. The Morgan fingerprint density at radius 2 is 1.91 bits per heavy atom. The average Bonchev–Trinajstić information content (AvgIpc) is 3.41. The van der Waals surface area contributed by atoms with E-state index in [9.17, 15) is 26.4 Å². The molecule has 12 heteroatoms. The van der Waals surface area contributed by atoms with E-state index in [0.29, 0.717) is 33.0 Å². The van der Waals surface area contributed by atoms with Gasteiger partial charge in [-0.15, -0.1) is 5.10 Å². The van der Waals surface area contributed by atoms with Gasteiger partial charge < -0.3 is 4.74 Å². The summed E-state index contributed by atoms with van der Waals surface area (Å²) in [5, 5.41) is 4.02. The number of hydrogen-bond acceptors (Lipinski definition) is 6. The van der Waals surface area contributed by atoms with Crippen LogP contribution in [-0.4, -0.2) is 39.9 Å². The Bertz CT molecular complexity index is 1610. The molecule has 0 atom stereocenters. The minimum atomic E-state index is -4.66. The third-order valence-electron chi connectivity index (χ3n) is 5.62. The van der Waals surface area contributed by atoms with Crippen molar-refractivity contribution in [3.8, 4) is 22.7 Å². The number of pyridine rings is 2. The highest BCUT2D eigenvalue weighted by molar-refractivity contribution is 7.91. The first-order chi connectivity index (χ1) is 16.1. The molecule has 0 bridgehead atoms. The first kappa shape index (κ1) is 22.1. The van der Waals surface area contributed by atoms with E-state index in [0.717, 1.165) is 29.9 Å². The summed E-state index contributed by atoms with van der Waals surface area (Å²) in [5.74, 6) is 0.213. The number of aromatic nitrogens is 4. The van der Waals surface area contributed by atoms with Gasteiger partial charge in [0.25, 0.3) is 0 Å². The van der Waals surface area contributed by atoms with Gasteiger partial charge >= 0.3 is 11.9 Å². The van der Waals surface area contributed by atoms with Gasteiger partial charge in [0.05, 0.1) is 17.9 Å². The fourth-order valence-corrected chi connectivity index (χ4v) is 4.82. The van der Waals surface area contributed by atoms with Crippen molar-refractivity contribution >= 4 is 15.5 Å². The van der Waals surface area contributed by atoms with Gasteiger partial charge in [0, 0.05) is 24.4 Å². The molecule has 8 nitrogen and oxygen atoms in total. The van der Waals surface area contributed by atoms with Gasteiger partial charge in [-0.1, -0.05) is 13.0 Å². The molecule has 34 heavy (non-hydrogen) atoms. The van der Waals surface area contributed by atoms with Crippen LogP contribution in [0.25, 0.3) is 22.6 Å². The Labute approximate surface area is 191 Å². The smallest absolute Gasteiger partial charge is 0.417 e. The van der Waals surface area contributed by atoms with Crippen molar-refractivity contribution in [2.75, 3.05) is 12.4 Å². The quantitative estimate of drug-likeness (QED) is 0.436. The highest BCUT2D eigenvalue weighted by Gasteiger charge is 2.32. The van der Waals surface area contributed by atoms with Gasteiger partial charge in [0.1, 0.15) is 10.6 Å². The zero-order valence-corrected chi connectivity index (χ0v) is 18.5. The highest BCUT2D eigenvalue weighted by Crippen LogP contribution is 2.32. The molecule has 3 aromatic heterocycles. The Kier molecular flexibility index (Phi) is 5.01. The largest absolute Gasteiger partial charge is 0.493 e. The molecule has 0 spiro atoms. The number of rotatable bonds is 4. The summed E-state index contributed by atoms with van der Waals surface area (Å²) in [7, 11) is -3.88. The molecule has 0 unspecified atom stereocenters. The SMILES string of the molecule is CCS(=O)(=O)c1cc(-c2ccc3c(c2)CCO3)cnc1-n1nc2ccc(C(F)(F)F)cn2c1=O.